The van der Waals surface area contributed by atoms with Crippen LogP contribution in [0.15, 0.2) is 29.3 Å². The minimum Gasteiger partial charge on any atom is -0.360 e. The summed E-state index contributed by atoms with van der Waals surface area (Å²) in [5.74, 6) is 0.913. The summed E-state index contributed by atoms with van der Waals surface area (Å²) in [6, 6.07) is 8.74. The number of rotatable bonds is 6. The third-order valence-corrected chi connectivity index (χ3v) is 4.73. The maximum absolute atomic E-state index is 11.5. The normalized spacial score (nSPS) is 16.1. The number of aliphatic imine (C=N–C) groups is 1. The van der Waals surface area contributed by atoms with E-state index in [1.807, 2.05) is 0 Å². The molecule has 1 heterocycles. The van der Waals surface area contributed by atoms with Crippen LogP contribution in [0.3, 0.4) is 0 Å². The molecule has 0 radical (unpaired) electrons. The molecule has 1 unspecified atom stereocenters. The van der Waals surface area contributed by atoms with E-state index < -0.39 is 0 Å². The Morgan fingerprint density at radius 2 is 1.96 bits per heavy atom. The van der Waals surface area contributed by atoms with Crippen LogP contribution >= 0.6 is 24.0 Å². The standard InChI is InChI=1S/C21H35N5O.HI/c1-16(10-11-21(2,3)4)25-20(22-5)24-14-17-6-8-18(9-7-17)26-13-12-23-19(27)15-26;/h6-9,16H,10-15H2,1-5H3,(H,23,27)(H2,22,24,25);1H. The molecule has 6 nitrogen and oxygen atoms in total. The average molecular weight is 501 g/mol. The lowest BCUT2D eigenvalue weighted by atomic mass is 9.89. The zero-order chi connectivity index (χ0) is 19.9. The van der Waals surface area contributed by atoms with Crippen molar-refractivity contribution < 1.29 is 4.79 Å². The van der Waals surface area contributed by atoms with E-state index in [2.05, 4.69) is 77.8 Å². The lowest BCUT2D eigenvalue weighted by molar-refractivity contribution is -0.120. The van der Waals surface area contributed by atoms with Crippen LogP contribution in [0, 0.1) is 5.41 Å². The second kappa shape index (κ2) is 11.5. The van der Waals surface area contributed by atoms with Crippen LogP contribution in [-0.2, 0) is 11.3 Å². The minimum atomic E-state index is 0. The highest BCUT2D eigenvalue weighted by Gasteiger charge is 2.16. The number of amides is 1. The highest BCUT2D eigenvalue weighted by molar-refractivity contribution is 14.0. The van der Waals surface area contributed by atoms with Crippen molar-refractivity contribution in [2.24, 2.45) is 10.4 Å². The van der Waals surface area contributed by atoms with Crippen molar-refractivity contribution in [3.8, 4) is 0 Å². The van der Waals surface area contributed by atoms with E-state index in [1.165, 1.54) is 12.0 Å². The van der Waals surface area contributed by atoms with Gasteiger partial charge in [-0.3, -0.25) is 9.79 Å². The smallest absolute Gasteiger partial charge is 0.239 e. The molecule has 7 heteroatoms. The maximum Gasteiger partial charge on any atom is 0.239 e. The van der Waals surface area contributed by atoms with Crippen LogP contribution in [-0.4, -0.2) is 44.6 Å². The van der Waals surface area contributed by atoms with Crippen LogP contribution in [0.1, 0.15) is 46.1 Å². The van der Waals surface area contributed by atoms with Crippen LogP contribution in [0.25, 0.3) is 0 Å². The van der Waals surface area contributed by atoms with E-state index >= 15 is 0 Å². The predicted octanol–water partition coefficient (Wildman–Crippen LogP) is 3.12. The number of carbonyl (C=O) groups excluding carboxylic acids is 1. The number of nitrogens with one attached hydrogen (secondary N) is 3. The Balaban J connectivity index is 0.00000392. The van der Waals surface area contributed by atoms with Crippen LogP contribution in [0.5, 0.6) is 0 Å². The first kappa shape index (κ1) is 24.5. The zero-order valence-corrected chi connectivity index (χ0v) is 20.2. The molecule has 1 aromatic carbocycles. The zero-order valence-electron chi connectivity index (χ0n) is 17.8. The van der Waals surface area contributed by atoms with Gasteiger partial charge in [0.15, 0.2) is 5.96 Å². The van der Waals surface area contributed by atoms with Gasteiger partial charge in [0, 0.05) is 38.4 Å². The molecular formula is C21H36IN5O. The quantitative estimate of drug-likeness (QED) is 0.319. The number of halogens is 1. The number of benzene rings is 1. The molecule has 1 aliphatic rings. The Hall–Kier alpha value is -1.51. The number of hydrogen-bond acceptors (Lipinski definition) is 3. The fraction of sp³-hybridized carbons (Fsp3) is 0.619. The van der Waals surface area contributed by atoms with Gasteiger partial charge in [0.05, 0.1) is 6.54 Å². The molecule has 1 aromatic rings. The molecular weight excluding hydrogens is 465 g/mol. The maximum atomic E-state index is 11.5. The first-order valence-corrected chi connectivity index (χ1v) is 9.84. The fourth-order valence-corrected chi connectivity index (χ4v) is 3.02. The number of hydrogen-bond donors (Lipinski definition) is 3. The van der Waals surface area contributed by atoms with Crippen LogP contribution < -0.4 is 20.9 Å². The fourth-order valence-electron chi connectivity index (χ4n) is 3.02. The number of carbonyl (C=O) groups is 1. The van der Waals surface area contributed by atoms with E-state index in [1.54, 1.807) is 7.05 Å². The Bertz CT molecular complexity index is 639. The second-order valence-electron chi connectivity index (χ2n) is 8.51. The molecule has 1 atom stereocenters. The van der Waals surface area contributed by atoms with Gasteiger partial charge in [-0.1, -0.05) is 32.9 Å². The van der Waals surface area contributed by atoms with Gasteiger partial charge in [0.1, 0.15) is 0 Å². The van der Waals surface area contributed by atoms with Crippen molar-refractivity contribution >= 4 is 41.5 Å². The molecule has 0 bridgehead atoms. The Morgan fingerprint density at radius 1 is 1.29 bits per heavy atom. The Kier molecular flexibility index (Phi) is 10.1. The van der Waals surface area contributed by atoms with Gasteiger partial charge in [-0.05, 0) is 42.9 Å². The SMILES string of the molecule is CN=C(NCc1ccc(N2CCNC(=O)C2)cc1)NC(C)CCC(C)(C)C.I. The molecule has 3 N–H and O–H groups in total. The molecule has 0 saturated carbocycles. The molecule has 158 valence electrons. The van der Waals surface area contributed by atoms with E-state index in [0.717, 1.165) is 24.6 Å². The van der Waals surface area contributed by atoms with Crippen LogP contribution in [0.2, 0.25) is 0 Å². The molecule has 0 aromatic heterocycles. The van der Waals surface area contributed by atoms with E-state index in [9.17, 15) is 4.79 Å². The summed E-state index contributed by atoms with van der Waals surface area (Å²) >= 11 is 0. The lowest BCUT2D eigenvalue weighted by Gasteiger charge is -2.28. The van der Waals surface area contributed by atoms with Crippen molar-refractivity contribution in [3.05, 3.63) is 29.8 Å². The first-order valence-electron chi connectivity index (χ1n) is 9.84. The van der Waals surface area contributed by atoms with E-state index in [0.29, 0.717) is 31.1 Å². The summed E-state index contributed by atoms with van der Waals surface area (Å²) in [6.45, 7) is 11.7. The third-order valence-electron chi connectivity index (χ3n) is 4.73. The van der Waals surface area contributed by atoms with Crippen molar-refractivity contribution in [1.29, 1.82) is 0 Å². The number of guanidine groups is 1. The molecule has 2 rings (SSSR count). The molecule has 1 amide bonds. The number of piperazine rings is 1. The van der Waals surface area contributed by atoms with E-state index in [-0.39, 0.29) is 29.9 Å². The Morgan fingerprint density at radius 3 is 2.54 bits per heavy atom. The summed E-state index contributed by atoms with van der Waals surface area (Å²) in [6.07, 6.45) is 2.29. The number of anilines is 1. The first-order chi connectivity index (χ1) is 12.8. The summed E-state index contributed by atoms with van der Waals surface area (Å²) in [5.41, 5.74) is 2.63. The molecule has 28 heavy (non-hydrogen) atoms. The highest BCUT2D eigenvalue weighted by Crippen LogP contribution is 2.21. The number of nitrogens with zero attached hydrogens (tertiary/aromatic N) is 2. The molecule has 1 saturated heterocycles. The van der Waals surface area contributed by atoms with Gasteiger partial charge >= 0.3 is 0 Å². The average Bonchev–Trinajstić information content (AvgIpc) is 2.63. The molecule has 0 spiro atoms. The highest BCUT2D eigenvalue weighted by atomic mass is 127. The molecule has 1 aliphatic heterocycles. The summed E-state index contributed by atoms with van der Waals surface area (Å²) in [5, 5.41) is 9.70. The summed E-state index contributed by atoms with van der Waals surface area (Å²) < 4.78 is 0. The van der Waals surface area contributed by atoms with Gasteiger partial charge in [-0.15, -0.1) is 24.0 Å². The van der Waals surface area contributed by atoms with Gasteiger partial charge < -0.3 is 20.9 Å². The summed E-state index contributed by atoms with van der Waals surface area (Å²) in [7, 11) is 1.80. The predicted molar refractivity (Wildman–Crippen MR) is 129 cm³/mol. The molecule has 1 fully saturated rings. The monoisotopic (exact) mass is 501 g/mol. The Labute approximate surface area is 187 Å². The van der Waals surface area contributed by atoms with Crippen molar-refractivity contribution in [3.63, 3.8) is 0 Å². The van der Waals surface area contributed by atoms with Gasteiger partial charge in [0.25, 0.3) is 0 Å². The second-order valence-corrected chi connectivity index (χ2v) is 8.51. The van der Waals surface area contributed by atoms with Crippen LogP contribution in [0.4, 0.5) is 5.69 Å². The summed E-state index contributed by atoms with van der Waals surface area (Å²) in [4.78, 5) is 18.0. The molecule has 0 aliphatic carbocycles. The lowest BCUT2D eigenvalue weighted by Crippen LogP contribution is -2.47. The minimum absolute atomic E-state index is 0. The van der Waals surface area contributed by atoms with Crippen molar-refractivity contribution in [2.45, 2.75) is 53.1 Å². The third kappa shape index (κ3) is 8.67. The van der Waals surface area contributed by atoms with Gasteiger partial charge in [-0.25, -0.2) is 0 Å². The van der Waals surface area contributed by atoms with Crippen molar-refractivity contribution in [1.82, 2.24) is 16.0 Å². The topological polar surface area (TPSA) is 68.8 Å². The van der Waals surface area contributed by atoms with Crippen molar-refractivity contribution in [2.75, 3.05) is 31.6 Å². The van der Waals surface area contributed by atoms with E-state index in [4.69, 9.17) is 0 Å². The van der Waals surface area contributed by atoms with Gasteiger partial charge in [-0.2, -0.15) is 0 Å². The van der Waals surface area contributed by atoms with Gasteiger partial charge in [0.2, 0.25) is 5.91 Å². The largest absolute Gasteiger partial charge is 0.360 e.